The summed E-state index contributed by atoms with van der Waals surface area (Å²) in [6.45, 7) is 5.41. The lowest BCUT2D eigenvalue weighted by molar-refractivity contribution is 0.448. The highest BCUT2D eigenvalue weighted by molar-refractivity contribution is 4.89. The molecule has 2 heteroatoms. The number of hydrogen-bond acceptors (Lipinski definition) is 2. The van der Waals surface area contributed by atoms with Gasteiger partial charge in [0, 0.05) is 0 Å². The summed E-state index contributed by atoms with van der Waals surface area (Å²) >= 11 is 0. The van der Waals surface area contributed by atoms with Crippen LogP contribution in [0.4, 0.5) is 0 Å². The molecule has 2 nitrogen and oxygen atoms in total. The molecule has 3 atom stereocenters. The maximum absolute atomic E-state index is 8.74. The van der Waals surface area contributed by atoms with Crippen LogP contribution in [0.15, 0.2) is 0 Å². The van der Waals surface area contributed by atoms with Crippen molar-refractivity contribution < 1.29 is 0 Å². The fourth-order valence-corrected chi connectivity index (χ4v) is 2.10. The second-order valence-corrected chi connectivity index (χ2v) is 4.28. The van der Waals surface area contributed by atoms with Crippen LogP contribution in [0.25, 0.3) is 0 Å². The zero-order chi connectivity index (χ0) is 9.68. The van der Waals surface area contributed by atoms with Gasteiger partial charge >= 0.3 is 0 Å². The van der Waals surface area contributed by atoms with Crippen LogP contribution in [-0.4, -0.2) is 12.6 Å². The smallest absolute Gasteiger partial charge is 0.0950 e. The van der Waals surface area contributed by atoms with Gasteiger partial charge in [-0.15, -0.1) is 0 Å². The number of hydrogen-bond donors (Lipinski definition) is 1. The van der Waals surface area contributed by atoms with Crippen LogP contribution >= 0.6 is 0 Å². The lowest BCUT2D eigenvalue weighted by Crippen LogP contribution is -2.31. The largest absolute Gasteiger partial charge is 0.302 e. The van der Waals surface area contributed by atoms with Crippen molar-refractivity contribution in [2.24, 2.45) is 11.8 Å². The molecule has 1 saturated carbocycles. The van der Waals surface area contributed by atoms with Gasteiger partial charge in [-0.2, -0.15) is 5.26 Å². The highest BCUT2D eigenvalue weighted by atomic mass is 14.9. The standard InChI is InChI=1S/C11H20N2/c1-3-11(7-12)13-8-10-5-4-9(2)6-10/h9-11,13H,3-6,8H2,1-2H3. The average molecular weight is 180 g/mol. The van der Waals surface area contributed by atoms with Gasteiger partial charge in [-0.25, -0.2) is 0 Å². The van der Waals surface area contributed by atoms with E-state index in [1.54, 1.807) is 0 Å². The second kappa shape index (κ2) is 5.24. The van der Waals surface area contributed by atoms with Crippen LogP contribution in [0.3, 0.4) is 0 Å². The third kappa shape index (κ3) is 3.36. The Morgan fingerprint density at radius 2 is 2.31 bits per heavy atom. The first-order valence-electron chi connectivity index (χ1n) is 5.39. The Hall–Kier alpha value is -0.550. The molecule has 0 aromatic rings. The monoisotopic (exact) mass is 180 g/mol. The van der Waals surface area contributed by atoms with Crippen molar-refractivity contribution in [2.45, 2.75) is 45.6 Å². The van der Waals surface area contributed by atoms with Gasteiger partial charge in [-0.05, 0) is 37.6 Å². The number of nitrogens with zero attached hydrogens (tertiary/aromatic N) is 1. The SMILES string of the molecule is CCC(C#N)NCC1CCC(C)C1. The van der Waals surface area contributed by atoms with Gasteiger partial charge in [0.15, 0.2) is 0 Å². The summed E-state index contributed by atoms with van der Waals surface area (Å²) in [5.41, 5.74) is 0. The van der Waals surface area contributed by atoms with E-state index >= 15 is 0 Å². The van der Waals surface area contributed by atoms with Crippen LogP contribution in [-0.2, 0) is 0 Å². The van der Waals surface area contributed by atoms with E-state index in [-0.39, 0.29) is 6.04 Å². The maximum atomic E-state index is 8.74. The first kappa shape index (κ1) is 10.5. The van der Waals surface area contributed by atoms with Gasteiger partial charge in [0.25, 0.3) is 0 Å². The molecular weight excluding hydrogens is 160 g/mol. The van der Waals surface area contributed by atoms with Gasteiger partial charge < -0.3 is 5.32 Å². The average Bonchev–Trinajstić information content (AvgIpc) is 2.53. The molecule has 0 aliphatic heterocycles. The number of rotatable bonds is 4. The van der Waals surface area contributed by atoms with Crippen LogP contribution in [0.1, 0.15) is 39.5 Å². The first-order valence-corrected chi connectivity index (χ1v) is 5.39. The topological polar surface area (TPSA) is 35.8 Å². The minimum atomic E-state index is 0.0657. The number of nitriles is 1. The molecule has 0 aromatic carbocycles. The molecule has 0 radical (unpaired) electrons. The second-order valence-electron chi connectivity index (χ2n) is 4.28. The minimum absolute atomic E-state index is 0.0657. The highest BCUT2D eigenvalue weighted by Crippen LogP contribution is 2.29. The van der Waals surface area contributed by atoms with Crippen LogP contribution < -0.4 is 5.32 Å². The predicted octanol–water partition coefficient (Wildman–Crippen LogP) is 2.31. The van der Waals surface area contributed by atoms with Crippen molar-refractivity contribution in [1.82, 2.24) is 5.32 Å². The Balaban J connectivity index is 2.16. The molecule has 74 valence electrons. The van der Waals surface area contributed by atoms with Crippen LogP contribution in [0.2, 0.25) is 0 Å². The lowest BCUT2D eigenvalue weighted by atomic mass is 10.1. The molecule has 1 rings (SSSR count). The highest BCUT2D eigenvalue weighted by Gasteiger charge is 2.21. The van der Waals surface area contributed by atoms with E-state index in [0.29, 0.717) is 0 Å². The normalized spacial score (nSPS) is 29.9. The van der Waals surface area contributed by atoms with Crippen LogP contribution in [0.5, 0.6) is 0 Å². The fraction of sp³-hybridized carbons (Fsp3) is 0.909. The van der Waals surface area contributed by atoms with E-state index in [4.69, 9.17) is 5.26 Å². The molecule has 1 fully saturated rings. The molecule has 1 aliphatic carbocycles. The molecule has 0 saturated heterocycles. The molecule has 0 amide bonds. The predicted molar refractivity (Wildman–Crippen MR) is 54.2 cm³/mol. The van der Waals surface area contributed by atoms with Gasteiger partial charge in [0.2, 0.25) is 0 Å². The third-order valence-electron chi connectivity index (χ3n) is 3.02. The summed E-state index contributed by atoms with van der Waals surface area (Å²) in [4.78, 5) is 0. The summed E-state index contributed by atoms with van der Waals surface area (Å²) in [6, 6.07) is 2.34. The van der Waals surface area contributed by atoms with E-state index in [0.717, 1.165) is 24.8 Å². The van der Waals surface area contributed by atoms with Crippen molar-refractivity contribution in [2.75, 3.05) is 6.54 Å². The van der Waals surface area contributed by atoms with Crippen molar-refractivity contribution >= 4 is 0 Å². The fourth-order valence-electron chi connectivity index (χ4n) is 2.10. The molecule has 0 heterocycles. The summed E-state index contributed by atoms with van der Waals surface area (Å²) in [6.07, 6.45) is 4.97. The summed E-state index contributed by atoms with van der Waals surface area (Å²) in [5, 5.41) is 12.1. The van der Waals surface area contributed by atoms with E-state index in [2.05, 4.69) is 25.2 Å². The Morgan fingerprint density at radius 1 is 1.54 bits per heavy atom. The molecule has 13 heavy (non-hydrogen) atoms. The molecule has 0 aromatic heterocycles. The minimum Gasteiger partial charge on any atom is -0.302 e. The Labute approximate surface area is 81.3 Å². The van der Waals surface area contributed by atoms with Gasteiger partial charge in [-0.3, -0.25) is 0 Å². The molecule has 0 bridgehead atoms. The van der Waals surface area contributed by atoms with Crippen molar-refractivity contribution in [1.29, 1.82) is 5.26 Å². The van der Waals surface area contributed by atoms with Crippen molar-refractivity contribution in [3.05, 3.63) is 0 Å². The lowest BCUT2D eigenvalue weighted by Gasteiger charge is -2.13. The molecule has 1 N–H and O–H groups in total. The Kier molecular flexibility index (Phi) is 4.24. The quantitative estimate of drug-likeness (QED) is 0.720. The zero-order valence-corrected chi connectivity index (χ0v) is 8.71. The third-order valence-corrected chi connectivity index (χ3v) is 3.02. The molecular formula is C11H20N2. The van der Waals surface area contributed by atoms with E-state index in [9.17, 15) is 0 Å². The first-order chi connectivity index (χ1) is 6.26. The maximum Gasteiger partial charge on any atom is 0.0950 e. The Morgan fingerprint density at radius 3 is 2.77 bits per heavy atom. The van der Waals surface area contributed by atoms with E-state index < -0.39 is 0 Å². The van der Waals surface area contributed by atoms with E-state index in [1.165, 1.54) is 19.3 Å². The molecule has 1 aliphatic rings. The van der Waals surface area contributed by atoms with E-state index in [1.807, 2.05) is 0 Å². The summed E-state index contributed by atoms with van der Waals surface area (Å²) < 4.78 is 0. The van der Waals surface area contributed by atoms with Gasteiger partial charge in [-0.1, -0.05) is 20.3 Å². The van der Waals surface area contributed by atoms with Crippen LogP contribution in [0, 0.1) is 23.2 Å². The van der Waals surface area contributed by atoms with Gasteiger partial charge in [0.1, 0.15) is 0 Å². The molecule has 0 spiro atoms. The van der Waals surface area contributed by atoms with Crippen molar-refractivity contribution in [3.63, 3.8) is 0 Å². The number of nitrogens with one attached hydrogen (secondary N) is 1. The Bertz CT molecular complexity index is 183. The van der Waals surface area contributed by atoms with Crippen molar-refractivity contribution in [3.8, 4) is 6.07 Å². The van der Waals surface area contributed by atoms with Gasteiger partial charge in [0.05, 0.1) is 12.1 Å². The summed E-state index contributed by atoms with van der Waals surface area (Å²) in [7, 11) is 0. The molecule has 3 unspecified atom stereocenters. The summed E-state index contributed by atoms with van der Waals surface area (Å²) in [5.74, 6) is 1.71. The zero-order valence-electron chi connectivity index (χ0n) is 8.71.